The fourth-order valence-electron chi connectivity index (χ4n) is 3.04. The lowest BCUT2D eigenvalue weighted by Gasteiger charge is -2.12. The number of sulfonamides is 1. The van der Waals surface area contributed by atoms with Crippen molar-refractivity contribution in [2.45, 2.75) is 37.6 Å². The summed E-state index contributed by atoms with van der Waals surface area (Å²) in [6, 6.07) is 7.71. The minimum atomic E-state index is -4.26. The average molecular weight is 479 g/mol. The number of aromatic nitrogens is 2. The first kappa shape index (κ1) is 23.6. The monoisotopic (exact) mass is 478 g/mol. The van der Waals surface area contributed by atoms with Gasteiger partial charge in [0.25, 0.3) is 21.5 Å². The number of amides is 1. The Morgan fingerprint density at radius 3 is 2.56 bits per heavy atom. The lowest BCUT2D eigenvalue weighted by Crippen LogP contribution is -2.43. The number of ether oxygens (including phenoxy) is 1. The standard InChI is InChI=1S/C20H22N4O6S2/c1-3-4-7-11-24-19(26)14-9-6-5-8-13(14)16(22-24)18(25)21-23-32(28,29)15-10-12-31-17(15)20(27)30-2/h5-6,8-10,12,23H,3-4,7,11H2,1-2H3,(H,21,25). The molecule has 2 heterocycles. The van der Waals surface area contributed by atoms with Gasteiger partial charge in [-0.1, -0.05) is 38.0 Å². The van der Waals surface area contributed by atoms with Gasteiger partial charge >= 0.3 is 5.97 Å². The van der Waals surface area contributed by atoms with E-state index >= 15 is 0 Å². The van der Waals surface area contributed by atoms with Gasteiger partial charge in [0.15, 0.2) is 5.69 Å². The minimum Gasteiger partial charge on any atom is -0.465 e. The number of nitrogens with zero attached hydrogens (tertiary/aromatic N) is 2. The second-order valence-corrected chi connectivity index (χ2v) is 9.36. The molecule has 0 aliphatic rings. The van der Waals surface area contributed by atoms with E-state index in [2.05, 4.69) is 15.3 Å². The van der Waals surface area contributed by atoms with Gasteiger partial charge in [-0.2, -0.15) is 5.10 Å². The molecule has 3 aromatic rings. The maximum absolute atomic E-state index is 12.8. The molecule has 2 aromatic heterocycles. The van der Waals surface area contributed by atoms with Crippen LogP contribution in [0.3, 0.4) is 0 Å². The van der Waals surface area contributed by atoms with Crippen LogP contribution in [0.15, 0.2) is 45.4 Å². The van der Waals surface area contributed by atoms with Gasteiger partial charge in [0.05, 0.1) is 12.5 Å². The molecule has 0 aliphatic heterocycles. The number of methoxy groups -OCH3 is 1. The van der Waals surface area contributed by atoms with Gasteiger partial charge in [-0.3, -0.25) is 15.0 Å². The largest absolute Gasteiger partial charge is 0.465 e. The number of nitrogens with one attached hydrogen (secondary N) is 2. The highest BCUT2D eigenvalue weighted by molar-refractivity contribution is 7.89. The number of benzene rings is 1. The molecule has 0 aliphatic carbocycles. The van der Waals surface area contributed by atoms with Gasteiger partial charge in [0.2, 0.25) is 0 Å². The van der Waals surface area contributed by atoms with E-state index in [0.29, 0.717) is 23.7 Å². The van der Waals surface area contributed by atoms with Crippen LogP contribution in [-0.4, -0.2) is 37.2 Å². The van der Waals surface area contributed by atoms with E-state index < -0.39 is 21.9 Å². The highest BCUT2D eigenvalue weighted by Crippen LogP contribution is 2.22. The summed E-state index contributed by atoms with van der Waals surface area (Å²) in [6.45, 7) is 2.36. The number of aryl methyl sites for hydroxylation is 1. The van der Waals surface area contributed by atoms with Crippen molar-refractivity contribution in [3.8, 4) is 0 Å². The fourth-order valence-corrected chi connectivity index (χ4v) is 5.22. The molecule has 0 atom stereocenters. The molecule has 0 unspecified atom stereocenters. The lowest BCUT2D eigenvalue weighted by atomic mass is 10.1. The molecule has 12 heteroatoms. The Hall–Kier alpha value is -3.09. The van der Waals surface area contributed by atoms with Crippen LogP contribution in [0.25, 0.3) is 10.8 Å². The molecular weight excluding hydrogens is 456 g/mol. The second-order valence-electron chi connectivity index (χ2n) is 6.79. The zero-order valence-corrected chi connectivity index (χ0v) is 19.1. The number of rotatable bonds is 9. The molecule has 3 rings (SSSR count). The summed E-state index contributed by atoms with van der Waals surface area (Å²) in [6.07, 6.45) is 2.56. The average Bonchev–Trinajstić information content (AvgIpc) is 3.30. The van der Waals surface area contributed by atoms with Crippen molar-refractivity contribution >= 4 is 44.0 Å². The van der Waals surface area contributed by atoms with Crippen LogP contribution in [0.1, 0.15) is 46.3 Å². The van der Waals surface area contributed by atoms with Crippen LogP contribution < -0.4 is 15.8 Å². The van der Waals surface area contributed by atoms with Crippen LogP contribution in [0, 0.1) is 0 Å². The minimum absolute atomic E-state index is 0.0992. The molecule has 1 aromatic carbocycles. The van der Waals surface area contributed by atoms with Crippen LogP contribution in [-0.2, 0) is 21.3 Å². The zero-order chi connectivity index (χ0) is 23.3. The Labute approximate surface area is 188 Å². The summed E-state index contributed by atoms with van der Waals surface area (Å²) in [7, 11) is -3.12. The molecule has 0 saturated carbocycles. The number of carbonyl (C=O) groups is 2. The van der Waals surface area contributed by atoms with E-state index in [1.54, 1.807) is 24.3 Å². The van der Waals surface area contributed by atoms with Crippen molar-refractivity contribution in [1.82, 2.24) is 20.0 Å². The molecule has 2 N–H and O–H groups in total. The second kappa shape index (κ2) is 10.0. The highest BCUT2D eigenvalue weighted by Gasteiger charge is 2.26. The van der Waals surface area contributed by atoms with Gasteiger partial charge in [-0.15, -0.1) is 16.2 Å². The lowest BCUT2D eigenvalue weighted by molar-refractivity contribution is 0.0602. The zero-order valence-electron chi connectivity index (χ0n) is 17.5. The number of fused-ring (bicyclic) bond motifs is 1. The molecule has 32 heavy (non-hydrogen) atoms. The number of unbranched alkanes of at least 4 members (excludes halogenated alkanes) is 2. The van der Waals surface area contributed by atoms with Crippen molar-refractivity contribution in [1.29, 1.82) is 0 Å². The first-order valence-electron chi connectivity index (χ1n) is 9.78. The molecule has 0 bridgehead atoms. The van der Waals surface area contributed by atoms with E-state index in [4.69, 9.17) is 0 Å². The third kappa shape index (κ3) is 4.87. The number of esters is 1. The van der Waals surface area contributed by atoms with Crippen LogP contribution in [0.5, 0.6) is 0 Å². The van der Waals surface area contributed by atoms with Crippen LogP contribution >= 0.6 is 11.3 Å². The molecule has 170 valence electrons. The number of hydrogen-bond acceptors (Lipinski definition) is 8. The first-order valence-corrected chi connectivity index (χ1v) is 12.1. The maximum atomic E-state index is 12.8. The van der Waals surface area contributed by atoms with Gasteiger partial charge < -0.3 is 4.74 Å². The van der Waals surface area contributed by atoms with E-state index in [1.807, 2.05) is 11.8 Å². The molecule has 0 spiro atoms. The number of thiophene rings is 1. The van der Waals surface area contributed by atoms with E-state index in [1.165, 1.54) is 16.1 Å². The summed E-state index contributed by atoms with van der Waals surface area (Å²) in [5, 5.41) is 6.20. The predicted molar refractivity (Wildman–Crippen MR) is 119 cm³/mol. The molecule has 10 nitrogen and oxygen atoms in total. The summed E-state index contributed by atoms with van der Waals surface area (Å²) in [5.74, 6) is -1.65. The summed E-state index contributed by atoms with van der Waals surface area (Å²) in [4.78, 5) is 38.9. The van der Waals surface area contributed by atoms with Gasteiger partial charge in [-0.05, 0) is 23.9 Å². The van der Waals surface area contributed by atoms with E-state index in [9.17, 15) is 22.8 Å². The van der Waals surface area contributed by atoms with Gasteiger partial charge in [0, 0.05) is 11.9 Å². The smallest absolute Gasteiger partial charge is 0.349 e. The Morgan fingerprint density at radius 1 is 1.16 bits per heavy atom. The summed E-state index contributed by atoms with van der Waals surface area (Å²) in [5.41, 5.74) is 1.69. The van der Waals surface area contributed by atoms with Gasteiger partial charge in [0.1, 0.15) is 9.77 Å². The Bertz CT molecular complexity index is 1310. The first-order chi connectivity index (χ1) is 15.3. The number of hydrogen-bond donors (Lipinski definition) is 2. The third-order valence-corrected chi connectivity index (χ3v) is 6.96. The third-order valence-electron chi connectivity index (χ3n) is 4.64. The van der Waals surface area contributed by atoms with Gasteiger partial charge in [-0.25, -0.2) is 17.9 Å². The van der Waals surface area contributed by atoms with Crippen molar-refractivity contribution in [3.63, 3.8) is 0 Å². The SMILES string of the molecule is CCCCCn1nc(C(=O)NNS(=O)(=O)c2ccsc2C(=O)OC)c2ccccc2c1=O. The summed E-state index contributed by atoms with van der Waals surface area (Å²) < 4.78 is 31.1. The Balaban J connectivity index is 1.90. The highest BCUT2D eigenvalue weighted by atomic mass is 32.2. The Kier molecular flexibility index (Phi) is 7.38. The molecule has 1 amide bonds. The maximum Gasteiger partial charge on any atom is 0.349 e. The normalized spacial score (nSPS) is 11.4. The van der Waals surface area contributed by atoms with Crippen molar-refractivity contribution in [3.05, 3.63) is 56.6 Å². The van der Waals surface area contributed by atoms with E-state index in [-0.39, 0.29) is 21.0 Å². The van der Waals surface area contributed by atoms with Crippen LogP contribution in [0.4, 0.5) is 0 Å². The molecule has 0 radical (unpaired) electrons. The topological polar surface area (TPSA) is 136 Å². The molecular formula is C20H22N4O6S2. The summed E-state index contributed by atoms with van der Waals surface area (Å²) >= 11 is 0.898. The van der Waals surface area contributed by atoms with Crippen molar-refractivity contribution in [2.75, 3.05) is 7.11 Å². The van der Waals surface area contributed by atoms with E-state index in [0.717, 1.165) is 31.3 Å². The van der Waals surface area contributed by atoms with Crippen molar-refractivity contribution in [2.24, 2.45) is 0 Å². The fraction of sp³-hybridized carbons (Fsp3) is 0.300. The molecule has 0 fully saturated rings. The quantitative estimate of drug-likeness (QED) is 0.273. The van der Waals surface area contributed by atoms with Crippen LogP contribution in [0.2, 0.25) is 0 Å². The Morgan fingerprint density at radius 2 is 1.88 bits per heavy atom. The van der Waals surface area contributed by atoms with Crippen molar-refractivity contribution < 1.29 is 22.7 Å². The predicted octanol–water partition coefficient (Wildman–Crippen LogP) is 2.06. The number of carbonyl (C=O) groups excluding carboxylic acids is 2. The number of hydrazine groups is 1. The molecule has 0 saturated heterocycles.